The molecule has 0 bridgehead atoms. The lowest BCUT2D eigenvalue weighted by Crippen LogP contribution is -1.82. The van der Waals surface area contributed by atoms with Gasteiger partial charge < -0.3 is 8.82 Å². The van der Waals surface area contributed by atoms with E-state index < -0.39 is 0 Å². The highest BCUT2D eigenvalue weighted by atomic mass is 127. The molecule has 33 heavy (non-hydrogen) atoms. The summed E-state index contributed by atoms with van der Waals surface area (Å²) in [6.07, 6.45) is 0. The normalized spacial score (nSPS) is 12.4. The third-order valence-electron chi connectivity index (χ3n) is 6.97. The molecule has 0 saturated heterocycles. The van der Waals surface area contributed by atoms with E-state index in [0.29, 0.717) is 0 Å². The quantitative estimate of drug-likeness (QED) is 0.193. The van der Waals surface area contributed by atoms with E-state index in [4.69, 9.17) is 4.42 Å². The van der Waals surface area contributed by atoms with Gasteiger partial charge in [0.2, 0.25) is 0 Å². The van der Waals surface area contributed by atoms with Gasteiger partial charge in [-0.2, -0.15) is 0 Å². The summed E-state index contributed by atoms with van der Waals surface area (Å²) in [4.78, 5) is 0. The third-order valence-corrected chi connectivity index (χ3v) is 7.82. The lowest BCUT2D eigenvalue weighted by Gasteiger charge is -2.06. The predicted molar refractivity (Wildman–Crippen MR) is 147 cm³/mol. The van der Waals surface area contributed by atoms with E-state index in [1.54, 1.807) is 0 Å². The Morgan fingerprint density at radius 1 is 0.545 bits per heavy atom. The van der Waals surface area contributed by atoms with Crippen LogP contribution in [0.25, 0.3) is 71.2 Å². The van der Waals surface area contributed by atoms with Gasteiger partial charge >= 0.3 is 0 Å². The zero-order valence-electron chi connectivity index (χ0n) is 17.5. The summed E-state index contributed by atoms with van der Waals surface area (Å²) in [5.74, 6) is 0. The molecule has 0 unspecified atom stereocenters. The fourth-order valence-corrected chi connectivity index (χ4v) is 6.48. The van der Waals surface area contributed by atoms with Crippen molar-refractivity contribution in [1.29, 1.82) is 0 Å². The van der Waals surface area contributed by atoms with Gasteiger partial charge in [-0.1, -0.05) is 54.6 Å². The number of para-hydroxylation sites is 3. The second-order valence-corrected chi connectivity index (χ2v) is 9.88. The fraction of sp³-hybridized carbons (Fsp3) is 0. The molecule has 8 rings (SSSR count). The molecule has 0 saturated carbocycles. The maximum absolute atomic E-state index is 6.25. The molecule has 2 nitrogen and oxygen atoms in total. The minimum Gasteiger partial charge on any atom is -0.456 e. The van der Waals surface area contributed by atoms with Crippen LogP contribution in [0.5, 0.6) is 0 Å². The molecule has 0 amide bonds. The monoisotopic (exact) mass is 533 g/mol. The van der Waals surface area contributed by atoms with Gasteiger partial charge in [-0.15, -0.1) is 0 Å². The van der Waals surface area contributed by atoms with Crippen molar-refractivity contribution in [3.63, 3.8) is 0 Å². The molecule has 0 spiro atoms. The largest absolute Gasteiger partial charge is 0.456 e. The van der Waals surface area contributed by atoms with Gasteiger partial charge in [-0.25, -0.2) is 0 Å². The predicted octanol–water partition coefficient (Wildman–Crippen LogP) is 9.01. The van der Waals surface area contributed by atoms with Gasteiger partial charge in [0, 0.05) is 35.9 Å². The standard InChI is InChI=1S/C30H16INO/c31-24-15-18(16-28-29(24)21-9-3-6-12-27(21)33-28)17-13-22-19-7-1-4-10-25(19)32-26-11-5-2-8-20(26)23(14-17)30(22)32/h1-16H. The van der Waals surface area contributed by atoms with Gasteiger partial charge in [0.25, 0.3) is 0 Å². The summed E-state index contributed by atoms with van der Waals surface area (Å²) in [7, 11) is 0. The number of halogens is 1. The number of aromatic nitrogens is 1. The Morgan fingerprint density at radius 2 is 1.12 bits per heavy atom. The molecule has 0 aliphatic carbocycles. The Hall–Kier alpha value is -3.57. The molecule has 5 aromatic carbocycles. The second kappa shape index (κ2) is 6.27. The SMILES string of the molecule is Ic1cc(-c2cc3c4ccccc4n4c5ccccc5c(c2)c34)cc2oc3ccccc3c12. The van der Waals surface area contributed by atoms with Crippen molar-refractivity contribution >= 4 is 82.6 Å². The Labute approximate surface area is 202 Å². The van der Waals surface area contributed by atoms with Crippen molar-refractivity contribution in [3.05, 3.63) is 101 Å². The molecule has 0 radical (unpaired) electrons. The minimum absolute atomic E-state index is 0.939. The van der Waals surface area contributed by atoms with Gasteiger partial charge in [-0.3, -0.25) is 0 Å². The Kier molecular flexibility index (Phi) is 3.40. The van der Waals surface area contributed by atoms with Crippen molar-refractivity contribution in [2.45, 2.75) is 0 Å². The lowest BCUT2D eigenvalue weighted by molar-refractivity contribution is 0.669. The van der Waals surface area contributed by atoms with Crippen molar-refractivity contribution < 1.29 is 4.42 Å². The van der Waals surface area contributed by atoms with E-state index in [0.717, 1.165) is 11.2 Å². The molecule has 3 aromatic heterocycles. The highest BCUT2D eigenvalue weighted by Gasteiger charge is 2.19. The molecule has 3 heteroatoms. The van der Waals surface area contributed by atoms with E-state index in [9.17, 15) is 0 Å². The third kappa shape index (κ3) is 2.28. The van der Waals surface area contributed by atoms with E-state index in [2.05, 4.69) is 112 Å². The molecule has 0 N–H and O–H groups in total. The van der Waals surface area contributed by atoms with Crippen molar-refractivity contribution in [1.82, 2.24) is 4.40 Å². The van der Waals surface area contributed by atoms with Crippen LogP contribution in [-0.2, 0) is 0 Å². The fourth-order valence-electron chi connectivity index (χ4n) is 5.59. The summed E-state index contributed by atoms with van der Waals surface area (Å²) in [5.41, 5.74) is 8.12. The topological polar surface area (TPSA) is 17.6 Å². The first-order valence-corrected chi connectivity index (χ1v) is 12.1. The van der Waals surface area contributed by atoms with Gasteiger partial charge in [0.15, 0.2) is 0 Å². The number of fused-ring (bicyclic) bond motifs is 9. The second-order valence-electron chi connectivity index (χ2n) is 8.72. The summed E-state index contributed by atoms with van der Waals surface area (Å²) >= 11 is 2.45. The summed E-state index contributed by atoms with van der Waals surface area (Å²) in [5, 5.41) is 7.56. The van der Waals surface area contributed by atoms with Crippen LogP contribution in [0.1, 0.15) is 0 Å². The highest BCUT2D eigenvalue weighted by molar-refractivity contribution is 14.1. The molecule has 0 atom stereocenters. The zero-order valence-corrected chi connectivity index (χ0v) is 19.6. The van der Waals surface area contributed by atoms with E-state index in [-0.39, 0.29) is 0 Å². The lowest BCUT2D eigenvalue weighted by atomic mass is 9.98. The van der Waals surface area contributed by atoms with Crippen LogP contribution in [0.15, 0.2) is 101 Å². The minimum atomic E-state index is 0.939. The van der Waals surface area contributed by atoms with Crippen LogP contribution in [-0.4, -0.2) is 4.40 Å². The Morgan fingerprint density at radius 3 is 1.82 bits per heavy atom. The number of nitrogens with zero attached hydrogens (tertiary/aromatic N) is 1. The number of benzene rings is 5. The number of furan rings is 1. The first-order chi connectivity index (χ1) is 16.3. The highest BCUT2D eigenvalue weighted by Crippen LogP contribution is 2.43. The van der Waals surface area contributed by atoms with Gasteiger partial charge in [0.1, 0.15) is 11.2 Å². The zero-order chi connectivity index (χ0) is 21.7. The van der Waals surface area contributed by atoms with Crippen molar-refractivity contribution in [3.8, 4) is 11.1 Å². The van der Waals surface area contributed by atoms with E-state index in [1.807, 2.05) is 12.1 Å². The maximum Gasteiger partial charge on any atom is 0.137 e. The molecule has 0 aliphatic heterocycles. The number of hydrogen-bond acceptors (Lipinski definition) is 1. The van der Waals surface area contributed by atoms with E-state index in [1.165, 1.54) is 63.6 Å². The van der Waals surface area contributed by atoms with Crippen LogP contribution >= 0.6 is 22.6 Å². The van der Waals surface area contributed by atoms with Crippen LogP contribution < -0.4 is 0 Å². The maximum atomic E-state index is 6.25. The molecular weight excluding hydrogens is 517 g/mol. The molecular formula is C30H16INO. The van der Waals surface area contributed by atoms with Gasteiger partial charge in [-0.05, 0) is 76.2 Å². The average molecular weight is 533 g/mol. The average Bonchev–Trinajstić information content (AvgIpc) is 3.50. The van der Waals surface area contributed by atoms with Crippen molar-refractivity contribution in [2.75, 3.05) is 0 Å². The first-order valence-electron chi connectivity index (χ1n) is 11.1. The Balaban J connectivity index is 1.52. The molecule has 0 fully saturated rings. The molecule has 8 aromatic rings. The molecule has 154 valence electrons. The number of rotatable bonds is 1. The van der Waals surface area contributed by atoms with Crippen LogP contribution in [0.2, 0.25) is 0 Å². The van der Waals surface area contributed by atoms with Crippen LogP contribution in [0.3, 0.4) is 0 Å². The molecule has 3 heterocycles. The van der Waals surface area contributed by atoms with Crippen LogP contribution in [0, 0.1) is 3.57 Å². The van der Waals surface area contributed by atoms with Gasteiger partial charge in [0.05, 0.1) is 16.6 Å². The molecule has 0 aliphatic rings. The van der Waals surface area contributed by atoms with E-state index >= 15 is 0 Å². The number of hydrogen-bond donors (Lipinski definition) is 0. The smallest absolute Gasteiger partial charge is 0.137 e. The first kappa shape index (κ1) is 17.9. The Bertz CT molecular complexity index is 1960. The summed E-state index contributed by atoms with van der Waals surface area (Å²) in [6, 6.07) is 34.9. The van der Waals surface area contributed by atoms with Crippen molar-refractivity contribution in [2.24, 2.45) is 0 Å². The van der Waals surface area contributed by atoms with Crippen LogP contribution in [0.4, 0.5) is 0 Å². The summed E-state index contributed by atoms with van der Waals surface area (Å²) in [6.45, 7) is 0. The summed E-state index contributed by atoms with van der Waals surface area (Å²) < 4.78 is 9.89.